The number of ether oxygens (including phenoxy) is 2. The number of hydrogen-bond donors (Lipinski definition) is 0. The number of aromatic nitrogens is 2. The first-order chi connectivity index (χ1) is 17.6. The van der Waals surface area contributed by atoms with E-state index in [9.17, 15) is 0 Å². The molecule has 0 aliphatic heterocycles. The summed E-state index contributed by atoms with van der Waals surface area (Å²) in [5, 5.41) is 2.37. The van der Waals surface area contributed by atoms with Crippen LogP contribution in [0.1, 0.15) is 61.8 Å². The van der Waals surface area contributed by atoms with Crippen LogP contribution in [0, 0.1) is 13.8 Å². The Morgan fingerprint density at radius 3 is 1.36 bits per heavy atom. The molecule has 0 unspecified atom stereocenters. The Kier molecular flexibility index (Phi) is 8.94. The van der Waals surface area contributed by atoms with E-state index in [0.29, 0.717) is 0 Å². The highest BCUT2D eigenvalue weighted by molar-refractivity contribution is 5.87. The lowest BCUT2D eigenvalue weighted by atomic mass is 10.0. The van der Waals surface area contributed by atoms with E-state index >= 15 is 0 Å². The second kappa shape index (κ2) is 12.5. The van der Waals surface area contributed by atoms with Crippen molar-refractivity contribution >= 4 is 10.8 Å². The van der Waals surface area contributed by atoms with Crippen molar-refractivity contribution in [1.82, 2.24) is 0 Å². The highest BCUT2D eigenvalue weighted by Gasteiger charge is 2.16. The summed E-state index contributed by atoms with van der Waals surface area (Å²) in [6.07, 6.45) is 12.9. The molecule has 4 nitrogen and oxygen atoms in total. The van der Waals surface area contributed by atoms with Gasteiger partial charge in [0.2, 0.25) is 0 Å². The number of unbranched alkanes of at least 4 members (excludes halogenated alkanes) is 2. The van der Waals surface area contributed by atoms with Crippen molar-refractivity contribution in [2.75, 3.05) is 13.2 Å². The molecule has 0 fully saturated rings. The van der Waals surface area contributed by atoms with Gasteiger partial charge in [-0.15, -0.1) is 0 Å². The van der Waals surface area contributed by atoms with Gasteiger partial charge in [-0.05, 0) is 72.9 Å². The molecule has 4 heteroatoms. The van der Waals surface area contributed by atoms with E-state index in [1.807, 2.05) is 0 Å². The van der Waals surface area contributed by atoms with Crippen LogP contribution in [0.5, 0.6) is 11.5 Å². The molecule has 4 aromatic rings. The molecule has 0 spiro atoms. The van der Waals surface area contributed by atoms with Crippen LogP contribution < -0.4 is 18.6 Å². The summed E-state index contributed by atoms with van der Waals surface area (Å²) in [7, 11) is 0. The standard InChI is InChI=1S/C32H40N2O2/c1-5-7-17-35-31-21-28-22-32(36-18-8-6-2)30(24-34-15-11-26(4)12-16-34)20-27(28)19-29(31)23-33-13-9-25(3)10-14-33/h9-16,19-22H,5-8,17-18,23-24H2,1-4H3/q+2. The summed E-state index contributed by atoms with van der Waals surface area (Å²) in [6, 6.07) is 17.6. The fraction of sp³-hybridized carbons (Fsp3) is 0.375. The van der Waals surface area contributed by atoms with Gasteiger partial charge in [0.15, 0.2) is 37.9 Å². The van der Waals surface area contributed by atoms with Crippen molar-refractivity contribution in [1.29, 1.82) is 0 Å². The molecule has 0 N–H and O–H groups in total. The SMILES string of the molecule is CCCCOc1cc2cc(OCCCC)c(C[n+]3ccc(C)cc3)cc2cc1C[n+]1ccc(C)cc1. The largest absolute Gasteiger partial charge is 0.493 e. The molecule has 0 aliphatic rings. The average molecular weight is 485 g/mol. The van der Waals surface area contributed by atoms with Crippen LogP contribution >= 0.6 is 0 Å². The maximum atomic E-state index is 6.30. The maximum absolute atomic E-state index is 6.30. The van der Waals surface area contributed by atoms with E-state index in [2.05, 4.69) is 110 Å². The number of nitrogens with zero attached hydrogens (tertiary/aromatic N) is 2. The highest BCUT2D eigenvalue weighted by atomic mass is 16.5. The molecule has 0 bridgehead atoms. The van der Waals surface area contributed by atoms with Crippen LogP contribution in [-0.2, 0) is 13.1 Å². The molecule has 0 amide bonds. The first kappa shape index (κ1) is 25.7. The van der Waals surface area contributed by atoms with Gasteiger partial charge < -0.3 is 9.47 Å². The molecule has 0 atom stereocenters. The molecule has 2 aromatic carbocycles. The molecule has 0 saturated carbocycles. The first-order valence-electron chi connectivity index (χ1n) is 13.3. The summed E-state index contributed by atoms with van der Waals surface area (Å²) < 4.78 is 17.0. The lowest BCUT2D eigenvalue weighted by Crippen LogP contribution is -2.33. The van der Waals surface area contributed by atoms with Crippen LogP contribution in [0.15, 0.2) is 73.3 Å². The summed E-state index contributed by atoms with van der Waals surface area (Å²) in [5.74, 6) is 1.92. The van der Waals surface area contributed by atoms with E-state index in [1.54, 1.807) is 0 Å². The number of fused-ring (bicyclic) bond motifs is 1. The fourth-order valence-electron chi connectivity index (χ4n) is 4.24. The third-order valence-electron chi connectivity index (χ3n) is 6.53. The van der Waals surface area contributed by atoms with Gasteiger partial charge in [-0.25, -0.2) is 9.13 Å². The third kappa shape index (κ3) is 6.84. The van der Waals surface area contributed by atoms with E-state index in [4.69, 9.17) is 9.47 Å². The van der Waals surface area contributed by atoms with Crippen molar-refractivity contribution in [2.45, 2.75) is 66.5 Å². The van der Waals surface area contributed by atoms with Gasteiger partial charge in [0.05, 0.1) is 24.3 Å². The third-order valence-corrected chi connectivity index (χ3v) is 6.53. The van der Waals surface area contributed by atoms with Crippen molar-refractivity contribution < 1.29 is 18.6 Å². The Morgan fingerprint density at radius 1 is 0.583 bits per heavy atom. The number of aryl methyl sites for hydroxylation is 2. The summed E-state index contributed by atoms with van der Waals surface area (Å²) in [6.45, 7) is 11.6. The zero-order valence-corrected chi connectivity index (χ0v) is 22.3. The number of benzene rings is 2. The van der Waals surface area contributed by atoms with Crippen LogP contribution in [0.4, 0.5) is 0 Å². The van der Waals surface area contributed by atoms with Gasteiger partial charge in [0, 0.05) is 24.3 Å². The number of rotatable bonds is 12. The zero-order chi connectivity index (χ0) is 25.3. The number of pyridine rings is 2. The predicted octanol–water partition coefficient (Wildman–Crippen LogP) is 6.49. The molecule has 0 radical (unpaired) electrons. The predicted molar refractivity (Wildman–Crippen MR) is 146 cm³/mol. The van der Waals surface area contributed by atoms with Gasteiger partial charge in [0.1, 0.15) is 11.5 Å². The molecular weight excluding hydrogens is 444 g/mol. The van der Waals surface area contributed by atoms with E-state index < -0.39 is 0 Å². The van der Waals surface area contributed by atoms with Crippen LogP contribution in [0.25, 0.3) is 10.8 Å². The topological polar surface area (TPSA) is 26.2 Å². The molecule has 4 rings (SSSR count). The molecule has 0 aliphatic carbocycles. The van der Waals surface area contributed by atoms with Gasteiger partial charge in [-0.1, -0.05) is 26.7 Å². The lowest BCUT2D eigenvalue weighted by molar-refractivity contribution is -0.688. The Morgan fingerprint density at radius 2 is 0.972 bits per heavy atom. The normalized spacial score (nSPS) is 11.1. The molecule has 36 heavy (non-hydrogen) atoms. The quantitative estimate of drug-likeness (QED) is 0.170. The van der Waals surface area contributed by atoms with Crippen molar-refractivity contribution in [3.8, 4) is 11.5 Å². The Balaban J connectivity index is 1.74. The highest BCUT2D eigenvalue weighted by Crippen LogP contribution is 2.32. The minimum atomic E-state index is 0.732. The lowest BCUT2D eigenvalue weighted by Gasteiger charge is -2.15. The Labute approximate surface area is 216 Å². The molecule has 188 valence electrons. The monoisotopic (exact) mass is 484 g/mol. The number of hydrogen-bond acceptors (Lipinski definition) is 2. The summed E-state index contributed by atoms with van der Waals surface area (Å²) in [4.78, 5) is 0. The second-order valence-corrected chi connectivity index (χ2v) is 9.77. The smallest absolute Gasteiger partial charge is 0.177 e. The van der Waals surface area contributed by atoms with E-state index in [-0.39, 0.29) is 0 Å². The molecule has 2 aromatic heterocycles. The second-order valence-electron chi connectivity index (χ2n) is 9.77. The van der Waals surface area contributed by atoms with Gasteiger partial charge in [-0.2, -0.15) is 0 Å². The van der Waals surface area contributed by atoms with E-state index in [0.717, 1.165) is 68.9 Å². The van der Waals surface area contributed by atoms with Crippen LogP contribution in [0.2, 0.25) is 0 Å². The zero-order valence-electron chi connectivity index (χ0n) is 22.3. The van der Waals surface area contributed by atoms with Crippen molar-refractivity contribution in [3.63, 3.8) is 0 Å². The summed E-state index contributed by atoms with van der Waals surface area (Å²) >= 11 is 0. The maximum Gasteiger partial charge on any atom is 0.177 e. The van der Waals surface area contributed by atoms with Crippen LogP contribution in [-0.4, -0.2) is 13.2 Å². The average Bonchev–Trinajstić information content (AvgIpc) is 2.88. The molecule has 2 heterocycles. The molecular formula is C32H40N2O2+2. The minimum absolute atomic E-state index is 0.732. The van der Waals surface area contributed by atoms with Crippen LogP contribution in [0.3, 0.4) is 0 Å². The fourth-order valence-corrected chi connectivity index (χ4v) is 4.24. The van der Waals surface area contributed by atoms with Crippen molar-refractivity contribution in [3.05, 3.63) is 95.6 Å². The van der Waals surface area contributed by atoms with E-state index in [1.165, 1.54) is 27.6 Å². The Bertz CT molecular complexity index is 1170. The summed E-state index contributed by atoms with van der Waals surface area (Å²) in [5.41, 5.74) is 4.91. The Hall–Kier alpha value is -3.40. The van der Waals surface area contributed by atoms with Crippen molar-refractivity contribution in [2.24, 2.45) is 0 Å². The molecule has 0 saturated heterocycles. The van der Waals surface area contributed by atoms with Gasteiger partial charge in [-0.3, -0.25) is 0 Å². The van der Waals surface area contributed by atoms with Gasteiger partial charge in [0.25, 0.3) is 0 Å². The minimum Gasteiger partial charge on any atom is -0.493 e. The van der Waals surface area contributed by atoms with Gasteiger partial charge >= 0.3 is 0 Å². The first-order valence-corrected chi connectivity index (χ1v) is 13.3.